The lowest BCUT2D eigenvalue weighted by Gasteiger charge is -2.20. The maximum absolute atomic E-state index is 5.82. The first-order chi connectivity index (χ1) is 9.79. The summed E-state index contributed by atoms with van der Waals surface area (Å²) in [5, 5.41) is 3.70. The molecule has 3 heteroatoms. The van der Waals surface area contributed by atoms with E-state index in [4.69, 9.17) is 9.47 Å². The monoisotopic (exact) mass is 275 g/mol. The zero-order valence-electron chi connectivity index (χ0n) is 12.5. The molecule has 0 aromatic heterocycles. The molecule has 0 bridgehead atoms. The van der Waals surface area contributed by atoms with Gasteiger partial charge in [0.05, 0.1) is 13.2 Å². The molecule has 3 atom stereocenters. The number of hydrogen-bond donors (Lipinski definition) is 1. The molecule has 1 fully saturated rings. The van der Waals surface area contributed by atoms with Crippen LogP contribution in [0.5, 0.6) is 11.5 Å². The maximum atomic E-state index is 5.82. The summed E-state index contributed by atoms with van der Waals surface area (Å²) >= 11 is 0. The van der Waals surface area contributed by atoms with Crippen LogP contribution in [0.2, 0.25) is 0 Å². The lowest BCUT2D eigenvalue weighted by atomic mass is 10.0. The molecule has 2 aliphatic rings. The van der Waals surface area contributed by atoms with Gasteiger partial charge in [-0.1, -0.05) is 19.9 Å². The van der Waals surface area contributed by atoms with Gasteiger partial charge in [-0.05, 0) is 48.9 Å². The molecule has 0 amide bonds. The van der Waals surface area contributed by atoms with Crippen LogP contribution in [0, 0.1) is 11.8 Å². The molecule has 0 radical (unpaired) electrons. The van der Waals surface area contributed by atoms with E-state index in [9.17, 15) is 0 Å². The van der Waals surface area contributed by atoms with Gasteiger partial charge in [0.2, 0.25) is 0 Å². The van der Waals surface area contributed by atoms with Crippen molar-refractivity contribution in [3.8, 4) is 11.5 Å². The number of nitrogens with one attached hydrogen (secondary N) is 1. The first kappa shape index (κ1) is 13.7. The van der Waals surface area contributed by atoms with Gasteiger partial charge in [-0.2, -0.15) is 0 Å². The second-order valence-corrected chi connectivity index (χ2v) is 6.07. The van der Waals surface area contributed by atoms with Crippen molar-refractivity contribution < 1.29 is 9.47 Å². The smallest absolute Gasteiger partial charge is 0.161 e. The molecule has 0 saturated heterocycles. The van der Waals surface area contributed by atoms with Gasteiger partial charge in [0, 0.05) is 12.5 Å². The van der Waals surface area contributed by atoms with Gasteiger partial charge in [-0.25, -0.2) is 0 Å². The van der Waals surface area contributed by atoms with E-state index in [0.717, 1.165) is 49.5 Å². The van der Waals surface area contributed by atoms with Crippen LogP contribution in [0.15, 0.2) is 18.2 Å². The van der Waals surface area contributed by atoms with Crippen LogP contribution < -0.4 is 14.8 Å². The third-order valence-electron chi connectivity index (χ3n) is 4.34. The Morgan fingerprint density at radius 3 is 2.70 bits per heavy atom. The molecule has 1 aromatic rings. The van der Waals surface area contributed by atoms with E-state index in [1.54, 1.807) is 0 Å². The zero-order valence-corrected chi connectivity index (χ0v) is 12.5. The maximum Gasteiger partial charge on any atom is 0.161 e. The van der Waals surface area contributed by atoms with Crippen LogP contribution in [0.3, 0.4) is 0 Å². The fourth-order valence-corrected chi connectivity index (χ4v) is 3.00. The Morgan fingerprint density at radius 2 is 2.00 bits per heavy atom. The van der Waals surface area contributed by atoms with E-state index in [1.807, 2.05) is 0 Å². The Bertz CT molecular complexity index is 460. The average molecular weight is 275 g/mol. The zero-order chi connectivity index (χ0) is 13.9. The van der Waals surface area contributed by atoms with Gasteiger partial charge in [0.15, 0.2) is 11.5 Å². The molecule has 1 N–H and O–H groups in total. The fourth-order valence-electron chi connectivity index (χ4n) is 3.00. The molecular formula is C17H25NO2. The van der Waals surface area contributed by atoms with Gasteiger partial charge < -0.3 is 14.8 Å². The van der Waals surface area contributed by atoms with Crippen LogP contribution >= 0.6 is 0 Å². The molecule has 1 saturated carbocycles. The molecule has 20 heavy (non-hydrogen) atoms. The third kappa shape index (κ3) is 2.93. The molecule has 1 aliphatic heterocycles. The van der Waals surface area contributed by atoms with Crippen molar-refractivity contribution in [2.24, 2.45) is 11.8 Å². The lowest BCUT2D eigenvalue weighted by Crippen LogP contribution is -2.24. The van der Waals surface area contributed by atoms with Gasteiger partial charge >= 0.3 is 0 Å². The molecule has 3 nitrogen and oxygen atoms in total. The highest BCUT2D eigenvalue weighted by Crippen LogP contribution is 2.48. The minimum atomic E-state index is 0.460. The molecule has 3 rings (SSSR count). The molecule has 3 unspecified atom stereocenters. The Hall–Kier alpha value is -1.22. The summed E-state index contributed by atoms with van der Waals surface area (Å²) in [7, 11) is 0. The third-order valence-corrected chi connectivity index (χ3v) is 4.34. The minimum absolute atomic E-state index is 0.460. The van der Waals surface area contributed by atoms with Crippen molar-refractivity contribution >= 4 is 0 Å². The van der Waals surface area contributed by atoms with E-state index < -0.39 is 0 Å². The van der Waals surface area contributed by atoms with Crippen LogP contribution in [-0.4, -0.2) is 19.8 Å². The van der Waals surface area contributed by atoms with E-state index >= 15 is 0 Å². The fraction of sp³-hybridized carbons (Fsp3) is 0.647. The van der Waals surface area contributed by atoms with E-state index in [0.29, 0.717) is 6.04 Å². The quantitative estimate of drug-likeness (QED) is 0.891. The number of ether oxygens (including phenoxy) is 2. The molecular weight excluding hydrogens is 250 g/mol. The SMILES string of the molecule is CCCNC(c1ccc2c(c1)OCCCO2)C1CC1C. The largest absolute Gasteiger partial charge is 0.490 e. The van der Waals surface area contributed by atoms with Crippen LogP contribution in [-0.2, 0) is 0 Å². The summed E-state index contributed by atoms with van der Waals surface area (Å²) in [6.45, 7) is 7.14. The van der Waals surface area contributed by atoms with Gasteiger partial charge in [-0.15, -0.1) is 0 Å². The van der Waals surface area contributed by atoms with E-state index in [2.05, 4.69) is 37.4 Å². The van der Waals surface area contributed by atoms with Crippen molar-refractivity contribution in [1.29, 1.82) is 0 Å². The second kappa shape index (κ2) is 6.04. The van der Waals surface area contributed by atoms with E-state index in [1.165, 1.54) is 18.4 Å². The lowest BCUT2D eigenvalue weighted by molar-refractivity contribution is 0.297. The van der Waals surface area contributed by atoms with Gasteiger partial charge in [-0.3, -0.25) is 0 Å². The first-order valence-corrected chi connectivity index (χ1v) is 7.92. The number of rotatable bonds is 5. The highest BCUT2D eigenvalue weighted by Gasteiger charge is 2.40. The van der Waals surface area contributed by atoms with Gasteiger partial charge in [0.25, 0.3) is 0 Å². The molecule has 1 aliphatic carbocycles. The topological polar surface area (TPSA) is 30.5 Å². The molecule has 0 spiro atoms. The average Bonchev–Trinajstić information content (AvgIpc) is 3.21. The summed E-state index contributed by atoms with van der Waals surface area (Å²) in [4.78, 5) is 0. The predicted molar refractivity (Wildman–Crippen MR) is 80.4 cm³/mol. The standard InChI is InChI=1S/C17H25NO2/c1-3-7-18-17(14-10-12(14)2)13-5-6-15-16(11-13)20-9-4-8-19-15/h5-6,11-12,14,17-18H,3-4,7-10H2,1-2H3. The van der Waals surface area contributed by atoms with Crippen LogP contribution in [0.1, 0.15) is 44.7 Å². The Morgan fingerprint density at radius 1 is 1.25 bits per heavy atom. The molecule has 1 heterocycles. The number of hydrogen-bond acceptors (Lipinski definition) is 3. The first-order valence-electron chi connectivity index (χ1n) is 7.92. The van der Waals surface area contributed by atoms with Crippen molar-refractivity contribution in [1.82, 2.24) is 5.32 Å². The van der Waals surface area contributed by atoms with Crippen molar-refractivity contribution in [3.63, 3.8) is 0 Å². The number of fused-ring (bicyclic) bond motifs is 1. The highest BCUT2D eigenvalue weighted by atomic mass is 16.5. The van der Waals surface area contributed by atoms with Crippen LogP contribution in [0.25, 0.3) is 0 Å². The summed E-state index contributed by atoms with van der Waals surface area (Å²) in [6, 6.07) is 6.91. The highest BCUT2D eigenvalue weighted by molar-refractivity contribution is 5.44. The van der Waals surface area contributed by atoms with Gasteiger partial charge in [0.1, 0.15) is 0 Å². The summed E-state index contributed by atoms with van der Waals surface area (Å²) in [5.74, 6) is 3.41. The number of benzene rings is 1. The van der Waals surface area contributed by atoms with Crippen LogP contribution in [0.4, 0.5) is 0 Å². The predicted octanol–water partition coefficient (Wildman–Crippen LogP) is 3.54. The second-order valence-electron chi connectivity index (χ2n) is 6.07. The molecule has 1 aromatic carbocycles. The van der Waals surface area contributed by atoms with E-state index in [-0.39, 0.29) is 0 Å². The Labute approximate surface area is 121 Å². The Balaban J connectivity index is 1.81. The Kier molecular flexibility index (Phi) is 4.16. The van der Waals surface area contributed by atoms with Crippen molar-refractivity contribution in [3.05, 3.63) is 23.8 Å². The summed E-state index contributed by atoms with van der Waals surface area (Å²) in [6.07, 6.45) is 3.46. The molecule has 110 valence electrons. The summed E-state index contributed by atoms with van der Waals surface area (Å²) in [5.41, 5.74) is 1.34. The van der Waals surface area contributed by atoms with Crippen molar-refractivity contribution in [2.75, 3.05) is 19.8 Å². The minimum Gasteiger partial charge on any atom is -0.490 e. The normalized spacial score (nSPS) is 25.9. The van der Waals surface area contributed by atoms with Crippen molar-refractivity contribution in [2.45, 2.75) is 39.2 Å². The summed E-state index contributed by atoms with van der Waals surface area (Å²) < 4.78 is 11.5.